The van der Waals surface area contributed by atoms with E-state index < -0.39 is 17.7 Å². The molecular weight excluding hydrogens is 303 g/mol. The van der Waals surface area contributed by atoms with E-state index in [1.165, 1.54) is 0 Å². The third-order valence-corrected chi connectivity index (χ3v) is 5.10. The topological polar surface area (TPSA) is 61.9 Å². The van der Waals surface area contributed by atoms with Gasteiger partial charge in [-0.1, -0.05) is 0 Å². The summed E-state index contributed by atoms with van der Waals surface area (Å²) in [4.78, 5) is 6.07. The Hall–Kier alpha value is -0.630. The number of aliphatic imine (C=N–C) groups is 1. The standard InChI is InChI=1S/C13H22F3N3OS/c14-13(15,16)10-2-1-3-12(20,8-10)9-18-11(17)19-4-6-21-7-5-19/h10,20H,1-9H2,(H2,17,18). The molecule has 2 atom stereocenters. The lowest BCUT2D eigenvalue weighted by atomic mass is 9.78. The summed E-state index contributed by atoms with van der Waals surface area (Å²) in [5, 5.41) is 10.4. The predicted octanol–water partition coefficient (Wildman–Crippen LogP) is 1.83. The maximum absolute atomic E-state index is 12.8. The maximum Gasteiger partial charge on any atom is 0.391 e. The van der Waals surface area contributed by atoms with Crippen LogP contribution >= 0.6 is 11.8 Å². The van der Waals surface area contributed by atoms with E-state index >= 15 is 0 Å². The highest BCUT2D eigenvalue weighted by Crippen LogP contribution is 2.41. The lowest BCUT2D eigenvalue weighted by Crippen LogP contribution is -2.46. The Kier molecular flexibility index (Phi) is 5.29. The second-order valence-corrected chi connectivity index (χ2v) is 7.06. The molecule has 2 aliphatic rings. The van der Waals surface area contributed by atoms with Gasteiger partial charge >= 0.3 is 6.18 Å². The summed E-state index contributed by atoms with van der Waals surface area (Å²) in [5.41, 5.74) is 4.50. The first kappa shape index (κ1) is 16.7. The monoisotopic (exact) mass is 325 g/mol. The minimum absolute atomic E-state index is 0.0466. The van der Waals surface area contributed by atoms with Crippen molar-refractivity contribution in [3.8, 4) is 0 Å². The minimum atomic E-state index is -4.24. The average Bonchev–Trinajstić information content (AvgIpc) is 2.45. The second kappa shape index (κ2) is 6.64. The molecule has 1 aliphatic carbocycles. The van der Waals surface area contributed by atoms with Crippen LogP contribution in [0.4, 0.5) is 13.2 Å². The molecule has 21 heavy (non-hydrogen) atoms. The summed E-state index contributed by atoms with van der Waals surface area (Å²) >= 11 is 1.84. The number of alkyl halides is 3. The zero-order chi connectivity index (χ0) is 15.5. The van der Waals surface area contributed by atoms with Crippen molar-refractivity contribution in [2.45, 2.75) is 37.5 Å². The molecule has 2 fully saturated rings. The molecule has 4 nitrogen and oxygen atoms in total. The van der Waals surface area contributed by atoms with Crippen LogP contribution in [-0.4, -0.2) is 58.9 Å². The van der Waals surface area contributed by atoms with Gasteiger partial charge in [0.1, 0.15) is 0 Å². The molecule has 0 radical (unpaired) electrons. The van der Waals surface area contributed by atoms with Gasteiger partial charge in [-0.25, -0.2) is 0 Å². The smallest absolute Gasteiger partial charge is 0.388 e. The number of thioether (sulfide) groups is 1. The van der Waals surface area contributed by atoms with E-state index in [0.717, 1.165) is 24.6 Å². The van der Waals surface area contributed by atoms with Crippen LogP contribution in [0.1, 0.15) is 25.7 Å². The summed E-state index contributed by atoms with van der Waals surface area (Å²) in [7, 11) is 0. The Morgan fingerprint density at radius 1 is 1.38 bits per heavy atom. The molecule has 0 amide bonds. The first-order valence-electron chi connectivity index (χ1n) is 7.22. The lowest BCUT2D eigenvalue weighted by molar-refractivity contribution is -0.199. The fraction of sp³-hybridized carbons (Fsp3) is 0.923. The predicted molar refractivity (Wildman–Crippen MR) is 78.4 cm³/mol. The van der Waals surface area contributed by atoms with Gasteiger partial charge < -0.3 is 15.7 Å². The molecule has 0 spiro atoms. The van der Waals surface area contributed by atoms with Gasteiger partial charge in [0.2, 0.25) is 0 Å². The van der Waals surface area contributed by atoms with Gasteiger partial charge in [0.15, 0.2) is 5.96 Å². The van der Waals surface area contributed by atoms with E-state index in [0.29, 0.717) is 18.8 Å². The minimum Gasteiger partial charge on any atom is -0.388 e. The Labute approximate surface area is 127 Å². The van der Waals surface area contributed by atoms with Gasteiger partial charge in [0.25, 0.3) is 0 Å². The van der Waals surface area contributed by atoms with Gasteiger partial charge in [-0.3, -0.25) is 4.99 Å². The molecule has 0 aromatic rings. The number of rotatable bonds is 2. The molecule has 8 heteroatoms. The van der Waals surface area contributed by atoms with E-state index in [9.17, 15) is 18.3 Å². The summed E-state index contributed by atoms with van der Waals surface area (Å²) in [6.45, 7) is 1.54. The number of hydrogen-bond donors (Lipinski definition) is 2. The van der Waals surface area contributed by atoms with Crippen LogP contribution in [0.3, 0.4) is 0 Å². The van der Waals surface area contributed by atoms with Gasteiger partial charge in [0, 0.05) is 24.6 Å². The molecule has 1 saturated carbocycles. The number of nitrogens with zero attached hydrogens (tertiary/aromatic N) is 2. The van der Waals surface area contributed by atoms with Crippen LogP contribution in [-0.2, 0) is 0 Å². The van der Waals surface area contributed by atoms with Crippen molar-refractivity contribution in [1.29, 1.82) is 0 Å². The molecule has 2 unspecified atom stereocenters. The van der Waals surface area contributed by atoms with Crippen LogP contribution < -0.4 is 5.73 Å². The molecule has 1 saturated heterocycles. The Morgan fingerprint density at radius 2 is 2.05 bits per heavy atom. The fourth-order valence-corrected chi connectivity index (χ4v) is 3.79. The Bertz CT molecular complexity index is 385. The van der Waals surface area contributed by atoms with Crippen molar-refractivity contribution in [3.63, 3.8) is 0 Å². The molecule has 1 heterocycles. The second-order valence-electron chi connectivity index (χ2n) is 5.83. The molecule has 2 rings (SSSR count). The van der Waals surface area contributed by atoms with Crippen molar-refractivity contribution < 1.29 is 18.3 Å². The van der Waals surface area contributed by atoms with Gasteiger partial charge in [-0.2, -0.15) is 24.9 Å². The fourth-order valence-electron chi connectivity index (χ4n) is 2.88. The maximum atomic E-state index is 12.8. The summed E-state index contributed by atoms with van der Waals surface area (Å²) < 4.78 is 38.4. The quantitative estimate of drug-likeness (QED) is 0.601. The molecule has 1 aliphatic heterocycles. The van der Waals surface area contributed by atoms with Crippen molar-refractivity contribution in [2.24, 2.45) is 16.6 Å². The highest BCUT2D eigenvalue weighted by molar-refractivity contribution is 7.99. The zero-order valence-corrected chi connectivity index (χ0v) is 12.7. The van der Waals surface area contributed by atoms with Gasteiger partial charge in [-0.05, 0) is 25.7 Å². The van der Waals surface area contributed by atoms with Crippen LogP contribution in [0, 0.1) is 5.92 Å². The van der Waals surface area contributed by atoms with Gasteiger partial charge in [-0.15, -0.1) is 0 Å². The van der Waals surface area contributed by atoms with Crippen molar-refractivity contribution in [3.05, 3.63) is 0 Å². The van der Waals surface area contributed by atoms with Crippen LogP contribution in [0.2, 0.25) is 0 Å². The van der Waals surface area contributed by atoms with E-state index in [2.05, 4.69) is 4.99 Å². The molecular formula is C13H22F3N3OS. The average molecular weight is 325 g/mol. The summed E-state index contributed by atoms with van der Waals surface area (Å²) in [6.07, 6.45) is -3.70. The third kappa shape index (κ3) is 4.67. The number of nitrogens with two attached hydrogens (primary N) is 1. The summed E-state index contributed by atoms with van der Waals surface area (Å²) in [6, 6.07) is 0. The highest BCUT2D eigenvalue weighted by Gasteiger charge is 2.46. The molecule has 3 N–H and O–H groups in total. The van der Waals surface area contributed by atoms with Crippen LogP contribution in [0.25, 0.3) is 0 Å². The first-order chi connectivity index (χ1) is 9.80. The SMILES string of the molecule is NC(=NCC1(O)CCCC(C(F)(F)F)C1)N1CCSCC1. The van der Waals surface area contributed by atoms with Gasteiger partial charge in [0.05, 0.1) is 18.1 Å². The zero-order valence-electron chi connectivity index (χ0n) is 11.9. The van der Waals surface area contributed by atoms with E-state index in [-0.39, 0.29) is 19.4 Å². The summed E-state index contributed by atoms with van der Waals surface area (Å²) in [5.74, 6) is 0.838. The molecule has 122 valence electrons. The number of halogens is 3. The van der Waals surface area contributed by atoms with Crippen LogP contribution in [0.15, 0.2) is 4.99 Å². The Balaban J connectivity index is 1.93. The number of hydrogen-bond acceptors (Lipinski definition) is 3. The lowest BCUT2D eigenvalue weighted by Gasteiger charge is -2.37. The first-order valence-corrected chi connectivity index (χ1v) is 8.37. The van der Waals surface area contributed by atoms with Crippen molar-refractivity contribution in [2.75, 3.05) is 31.1 Å². The van der Waals surface area contributed by atoms with Crippen molar-refractivity contribution in [1.82, 2.24) is 4.90 Å². The molecule has 0 aromatic heterocycles. The van der Waals surface area contributed by atoms with E-state index in [1.807, 2.05) is 16.7 Å². The van der Waals surface area contributed by atoms with Crippen molar-refractivity contribution >= 4 is 17.7 Å². The Morgan fingerprint density at radius 3 is 2.67 bits per heavy atom. The molecule has 0 aromatic carbocycles. The highest BCUT2D eigenvalue weighted by atomic mass is 32.2. The molecule has 0 bridgehead atoms. The largest absolute Gasteiger partial charge is 0.391 e. The van der Waals surface area contributed by atoms with Crippen LogP contribution in [0.5, 0.6) is 0 Å². The van der Waals surface area contributed by atoms with E-state index in [4.69, 9.17) is 5.73 Å². The number of guanidine groups is 1. The van der Waals surface area contributed by atoms with E-state index in [1.54, 1.807) is 0 Å². The normalized spacial score (nSPS) is 32.3. The number of aliphatic hydroxyl groups is 1. The third-order valence-electron chi connectivity index (χ3n) is 4.15.